The molecule has 0 unspecified atom stereocenters. The minimum atomic E-state index is -3.56. The zero-order chi connectivity index (χ0) is 12.7. The van der Waals surface area contributed by atoms with Gasteiger partial charge in [-0.15, -0.1) is 0 Å². The summed E-state index contributed by atoms with van der Waals surface area (Å²) >= 11 is 0. The normalized spacial score (nSPS) is 18.3. The average molecular weight is 259 g/mol. The van der Waals surface area contributed by atoms with Crippen LogP contribution in [0.2, 0.25) is 0 Å². The molecule has 96 valence electrons. The lowest BCUT2D eigenvalue weighted by Crippen LogP contribution is -2.32. The number of aliphatic hydroxyl groups is 1. The van der Waals surface area contributed by atoms with Crippen molar-refractivity contribution in [2.45, 2.75) is 24.8 Å². The summed E-state index contributed by atoms with van der Waals surface area (Å²) in [7, 11) is -1.81. The molecule has 2 N–H and O–H groups in total. The average Bonchev–Trinajstić information content (AvgIpc) is 2.99. The van der Waals surface area contributed by atoms with E-state index in [0.29, 0.717) is 5.82 Å². The molecule has 0 radical (unpaired) electrons. The summed E-state index contributed by atoms with van der Waals surface area (Å²) in [4.78, 5) is 3.98. The molecule has 2 rings (SSSR count). The molecule has 1 aliphatic rings. The lowest BCUT2D eigenvalue weighted by atomic mass is 10.1. The second-order valence-electron chi connectivity index (χ2n) is 4.72. The number of sulfonamides is 1. The first-order valence-corrected chi connectivity index (χ1v) is 6.97. The Morgan fingerprint density at radius 3 is 2.65 bits per heavy atom. The van der Waals surface area contributed by atoms with E-state index in [1.165, 1.54) is 6.20 Å². The zero-order valence-corrected chi connectivity index (χ0v) is 10.8. The van der Waals surface area contributed by atoms with Crippen molar-refractivity contribution in [3.05, 3.63) is 12.0 Å². The molecule has 6 nitrogen and oxygen atoms in total. The van der Waals surface area contributed by atoms with E-state index in [2.05, 4.69) is 9.71 Å². The maximum absolute atomic E-state index is 11.9. The van der Waals surface area contributed by atoms with Crippen molar-refractivity contribution in [1.29, 1.82) is 0 Å². The summed E-state index contributed by atoms with van der Waals surface area (Å²) < 4.78 is 28.0. The fourth-order valence-electron chi connectivity index (χ4n) is 1.55. The molecular formula is C10H17N3O3S. The molecule has 0 atom stereocenters. The van der Waals surface area contributed by atoms with Gasteiger partial charge in [0.05, 0.1) is 0 Å². The van der Waals surface area contributed by atoms with Gasteiger partial charge in [-0.3, -0.25) is 0 Å². The van der Waals surface area contributed by atoms with Crippen molar-refractivity contribution >= 4 is 10.0 Å². The highest BCUT2D eigenvalue weighted by molar-refractivity contribution is 7.89. The Hall–Kier alpha value is -0.920. The summed E-state index contributed by atoms with van der Waals surface area (Å²) in [6.07, 6.45) is 3.22. The van der Waals surface area contributed by atoms with Crippen LogP contribution in [0.25, 0.3) is 0 Å². The molecule has 1 aliphatic carbocycles. The maximum atomic E-state index is 11.9. The Bertz CT molecular complexity index is 497. The van der Waals surface area contributed by atoms with E-state index >= 15 is 0 Å². The minimum Gasteiger partial charge on any atom is -0.396 e. The molecule has 1 aromatic heterocycles. The number of hydrogen-bond donors (Lipinski definition) is 2. The molecule has 1 heterocycles. The van der Waals surface area contributed by atoms with E-state index in [4.69, 9.17) is 5.11 Å². The highest BCUT2D eigenvalue weighted by atomic mass is 32.2. The molecule has 0 saturated heterocycles. The molecule has 0 amide bonds. The fraction of sp³-hybridized carbons (Fsp3) is 0.700. The van der Waals surface area contributed by atoms with Crippen LogP contribution in [-0.2, 0) is 17.1 Å². The van der Waals surface area contributed by atoms with Gasteiger partial charge in [0, 0.05) is 31.8 Å². The third kappa shape index (κ3) is 2.51. The number of nitrogens with zero attached hydrogens (tertiary/aromatic N) is 2. The molecule has 1 aromatic rings. The van der Waals surface area contributed by atoms with E-state index in [1.807, 2.05) is 0 Å². The number of aromatic nitrogens is 2. The summed E-state index contributed by atoms with van der Waals surface area (Å²) in [6.45, 7) is 2.05. The van der Waals surface area contributed by atoms with Gasteiger partial charge in [-0.25, -0.2) is 18.1 Å². The third-order valence-electron chi connectivity index (χ3n) is 3.29. The standard InChI is InChI=1S/C10H17N3O3S/c1-8-12-9(5-13(8)2)17(15,16)11-6-10(7-14)3-4-10/h5,11,14H,3-4,6-7H2,1-2H3. The maximum Gasteiger partial charge on any atom is 0.259 e. The SMILES string of the molecule is Cc1nc(S(=O)(=O)NCC2(CO)CC2)cn1C. The van der Waals surface area contributed by atoms with Gasteiger partial charge >= 0.3 is 0 Å². The van der Waals surface area contributed by atoms with Crippen molar-refractivity contribution < 1.29 is 13.5 Å². The lowest BCUT2D eigenvalue weighted by molar-refractivity contribution is 0.213. The van der Waals surface area contributed by atoms with Crippen LogP contribution in [0.1, 0.15) is 18.7 Å². The highest BCUT2D eigenvalue weighted by Crippen LogP contribution is 2.44. The van der Waals surface area contributed by atoms with Crippen LogP contribution in [0, 0.1) is 12.3 Å². The van der Waals surface area contributed by atoms with E-state index in [0.717, 1.165) is 12.8 Å². The van der Waals surface area contributed by atoms with Gasteiger partial charge in [-0.2, -0.15) is 0 Å². The Morgan fingerprint density at radius 1 is 1.59 bits per heavy atom. The van der Waals surface area contributed by atoms with Crippen LogP contribution in [0.15, 0.2) is 11.2 Å². The van der Waals surface area contributed by atoms with Gasteiger partial charge < -0.3 is 9.67 Å². The van der Waals surface area contributed by atoms with Crippen LogP contribution in [0.4, 0.5) is 0 Å². The van der Waals surface area contributed by atoms with Gasteiger partial charge in [0.15, 0.2) is 5.03 Å². The molecule has 1 fully saturated rings. The van der Waals surface area contributed by atoms with Crippen LogP contribution in [-0.4, -0.2) is 36.2 Å². The van der Waals surface area contributed by atoms with E-state index in [-0.39, 0.29) is 23.6 Å². The third-order valence-corrected chi connectivity index (χ3v) is 4.56. The van der Waals surface area contributed by atoms with Gasteiger partial charge in [-0.1, -0.05) is 0 Å². The molecule has 0 aromatic carbocycles. The van der Waals surface area contributed by atoms with Crippen LogP contribution < -0.4 is 4.72 Å². The number of aryl methyl sites for hydroxylation is 2. The van der Waals surface area contributed by atoms with Crippen molar-refractivity contribution in [3.8, 4) is 0 Å². The first kappa shape index (κ1) is 12.5. The summed E-state index contributed by atoms with van der Waals surface area (Å²) in [5.74, 6) is 0.647. The molecular weight excluding hydrogens is 242 g/mol. The lowest BCUT2D eigenvalue weighted by Gasteiger charge is -2.11. The molecule has 1 saturated carbocycles. The zero-order valence-electron chi connectivity index (χ0n) is 9.97. The predicted octanol–water partition coefficient (Wildman–Crippen LogP) is -0.221. The van der Waals surface area contributed by atoms with Crippen LogP contribution in [0.5, 0.6) is 0 Å². The van der Waals surface area contributed by atoms with Crippen molar-refractivity contribution in [2.24, 2.45) is 12.5 Å². The molecule has 7 heteroatoms. The Labute approximate surface area is 101 Å². The Kier molecular flexibility index (Phi) is 3.01. The van der Waals surface area contributed by atoms with Gasteiger partial charge in [0.1, 0.15) is 5.82 Å². The number of rotatable bonds is 5. The van der Waals surface area contributed by atoms with Crippen molar-refractivity contribution in [2.75, 3.05) is 13.2 Å². The smallest absolute Gasteiger partial charge is 0.259 e. The summed E-state index contributed by atoms with van der Waals surface area (Å²) in [6, 6.07) is 0. The van der Waals surface area contributed by atoms with E-state index in [1.54, 1.807) is 18.5 Å². The second-order valence-corrected chi connectivity index (χ2v) is 6.43. The Balaban J connectivity index is 2.09. The second kappa shape index (κ2) is 4.08. The van der Waals surface area contributed by atoms with Gasteiger partial charge in [0.25, 0.3) is 10.0 Å². The molecule has 0 aliphatic heterocycles. The summed E-state index contributed by atoms with van der Waals surface area (Å²) in [5.41, 5.74) is -0.239. The fourth-order valence-corrected chi connectivity index (χ4v) is 2.74. The first-order valence-electron chi connectivity index (χ1n) is 5.49. The molecule has 0 spiro atoms. The van der Waals surface area contributed by atoms with Gasteiger partial charge in [0.2, 0.25) is 0 Å². The minimum absolute atomic E-state index is 0.0246. The highest BCUT2D eigenvalue weighted by Gasteiger charge is 2.42. The van der Waals surface area contributed by atoms with Crippen LogP contribution >= 0.6 is 0 Å². The summed E-state index contributed by atoms with van der Waals surface area (Å²) in [5, 5.41) is 9.15. The predicted molar refractivity (Wildman–Crippen MR) is 61.9 cm³/mol. The number of imidazole rings is 1. The quantitative estimate of drug-likeness (QED) is 0.765. The van der Waals surface area contributed by atoms with Crippen LogP contribution in [0.3, 0.4) is 0 Å². The largest absolute Gasteiger partial charge is 0.396 e. The molecule has 0 bridgehead atoms. The Morgan fingerprint density at radius 2 is 2.24 bits per heavy atom. The topological polar surface area (TPSA) is 84.2 Å². The van der Waals surface area contributed by atoms with Crippen molar-refractivity contribution in [1.82, 2.24) is 14.3 Å². The van der Waals surface area contributed by atoms with Crippen molar-refractivity contribution in [3.63, 3.8) is 0 Å². The monoisotopic (exact) mass is 259 g/mol. The van der Waals surface area contributed by atoms with E-state index < -0.39 is 10.0 Å². The molecule has 17 heavy (non-hydrogen) atoms. The number of nitrogens with one attached hydrogen (secondary N) is 1. The first-order chi connectivity index (χ1) is 7.88. The van der Waals surface area contributed by atoms with E-state index in [9.17, 15) is 8.42 Å². The number of hydrogen-bond acceptors (Lipinski definition) is 4. The number of aliphatic hydroxyl groups excluding tert-OH is 1. The van der Waals surface area contributed by atoms with Gasteiger partial charge in [-0.05, 0) is 19.8 Å².